The molecule has 0 atom stereocenters. The van der Waals surface area contributed by atoms with E-state index in [9.17, 15) is 0 Å². The van der Waals surface area contributed by atoms with E-state index in [0.29, 0.717) is 0 Å². The highest BCUT2D eigenvalue weighted by Crippen LogP contribution is 1.57. The van der Waals surface area contributed by atoms with Gasteiger partial charge in [0.05, 0.1) is 0 Å². The lowest BCUT2D eigenvalue weighted by molar-refractivity contribution is 1.50. The van der Waals surface area contributed by atoms with Crippen molar-refractivity contribution >= 4 is 0 Å². The van der Waals surface area contributed by atoms with E-state index in [4.69, 9.17) is 0 Å². The lowest BCUT2D eigenvalue weighted by Gasteiger charge is -1.49. The Bertz CT molecular complexity index is 15.2. The van der Waals surface area contributed by atoms with Crippen molar-refractivity contribution in [3.05, 3.63) is 12.2 Å². The Morgan fingerprint density at radius 1 is 0.625 bits per heavy atom. The van der Waals surface area contributed by atoms with Crippen molar-refractivity contribution in [3.8, 4) is 0 Å². The highest BCUT2D eigenvalue weighted by Gasteiger charge is 1.34. The molecule has 0 saturated carbocycles. The topological polar surface area (TPSA) is 0 Å². The smallest absolute Gasteiger partial charge is 0.0470 e. The predicted octanol–water partition coefficient (Wildman–Crippen LogP) is 3.63. The third-order valence-electron chi connectivity index (χ3n) is 0.333. The van der Waals surface area contributed by atoms with Crippen LogP contribution in [0.5, 0.6) is 0 Å². The SMILES string of the molecule is C/C=C/C.CC.CC. The average Bonchev–Trinajstić information content (AvgIpc) is 1.96. The first-order valence-corrected chi connectivity index (χ1v) is 3.49. The van der Waals surface area contributed by atoms with Crippen LogP contribution in [0, 0.1) is 0 Å². The van der Waals surface area contributed by atoms with Crippen molar-refractivity contribution in [1.29, 1.82) is 0 Å². The average molecular weight is 116 g/mol. The molecule has 0 bridgehead atoms. The van der Waals surface area contributed by atoms with Crippen LogP contribution in [-0.2, 0) is 0 Å². The molecule has 0 fully saturated rings. The van der Waals surface area contributed by atoms with Gasteiger partial charge in [-0.25, -0.2) is 0 Å². The van der Waals surface area contributed by atoms with Crippen LogP contribution in [0.4, 0.5) is 0 Å². The largest absolute Gasteiger partial charge is 0.0919 e. The van der Waals surface area contributed by atoms with E-state index in [-0.39, 0.29) is 0 Å². The van der Waals surface area contributed by atoms with E-state index in [1.807, 2.05) is 53.7 Å². The highest BCUT2D eigenvalue weighted by molar-refractivity contribution is 4.68. The molecule has 0 unspecified atom stereocenters. The van der Waals surface area contributed by atoms with Gasteiger partial charge in [0, 0.05) is 0 Å². The Labute approximate surface area is 54.6 Å². The molecule has 0 rings (SSSR count). The molecule has 0 heterocycles. The molecule has 0 saturated heterocycles. The van der Waals surface area contributed by atoms with Crippen LogP contribution < -0.4 is 0 Å². The Kier molecular flexibility index (Phi) is 143. The van der Waals surface area contributed by atoms with Crippen LogP contribution >= 0.6 is 0 Å². The van der Waals surface area contributed by atoms with Crippen LogP contribution in [0.25, 0.3) is 0 Å². The fourth-order valence-corrected chi connectivity index (χ4v) is 0. The van der Waals surface area contributed by atoms with Gasteiger partial charge in [-0.05, 0) is 13.8 Å². The Morgan fingerprint density at radius 3 is 0.750 bits per heavy atom. The summed E-state index contributed by atoms with van der Waals surface area (Å²) in [6, 6.07) is 0. The first-order valence-electron chi connectivity index (χ1n) is 3.49. The van der Waals surface area contributed by atoms with Gasteiger partial charge < -0.3 is 0 Å². The molecule has 0 amide bonds. The summed E-state index contributed by atoms with van der Waals surface area (Å²) >= 11 is 0. The summed E-state index contributed by atoms with van der Waals surface area (Å²) in [5.41, 5.74) is 0. The van der Waals surface area contributed by atoms with E-state index in [1.165, 1.54) is 0 Å². The van der Waals surface area contributed by atoms with Gasteiger partial charge >= 0.3 is 0 Å². The summed E-state index contributed by atoms with van der Waals surface area (Å²) in [5.74, 6) is 0. The summed E-state index contributed by atoms with van der Waals surface area (Å²) < 4.78 is 0. The standard InChI is InChI=1S/C4H8.2C2H6/c1-3-4-2;2*1-2/h3-4H,1-2H3;2*1-2H3/b4-3+;;. The summed E-state index contributed by atoms with van der Waals surface area (Å²) in [4.78, 5) is 0. The number of hydrogen-bond acceptors (Lipinski definition) is 0. The van der Waals surface area contributed by atoms with Crippen molar-refractivity contribution in [2.75, 3.05) is 0 Å². The van der Waals surface area contributed by atoms with Crippen molar-refractivity contribution in [2.24, 2.45) is 0 Å². The second kappa shape index (κ2) is 73.3. The molecule has 0 radical (unpaired) electrons. The van der Waals surface area contributed by atoms with Crippen LogP contribution in [0.15, 0.2) is 12.2 Å². The fraction of sp³-hybridized carbons (Fsp3) is 0.750. The van der Waals surface area contributed by atoms with E-state index in [2.05, 4.69) is 0 Å². The Balaban J connectivity index is -0.0000000542. The van der Waals surface area contributed by atoms with Gasteiger partial charge in [-0.1, -0.05) is 39.8 Å². The molecule has 0 spiro atoms. The molecular weight excluding hydrogens is 96.1 g/mol. The number of allylic oxidation sites excluding steroid dienone is 2. The lowest BCUT2D eigenvalue weighted by atomic mass is 10.6. The molecule has 0 aliphatic heterocycles. The first kappa shape index (κ1) is 15.6. The summed E-state index contributed by atoms with van der Waals surface area (Å²) in [7, 11) is 0. The molecule has 0 nitrogen and oxygen atoms in total. The van der Waals surface area contributed by atoms with Crippen LogP contribution in [-0.4, -0.2) is 0 Å². The minimum absolute atomic E-state index is 2.00. The summed E-state index contributed by atoms with van der Waals surface area (Å²) in [5, 5.41) is 0. The van der Waals surface area contributed by atoms with Gasteiger partial charge in [-0.3, -0.25) is 0 Å². The van der Waals surface area contributed by atoms with Gasteiger partial charge in [0.2, 0.25) is 0 Å². The van der Waals surface area contributed by atoms with Gasteiger partial charge in [0.15, 0.2) is 0 Å². The van der Waals surface area contributed by atoms with Gasteiger partial charge in [-0.15, -0.1) is 0 Å². The maximum atomic E-state index is 2.00. The molecule has 0 heteroatoms. The van der Waals surface area contributed by atoms with Gasteiger partial charge in [0.25, 0.3) is 0 Å². The zero-order valence-corrected chi connectivity index (χ0v) is 7.15. The van der Waals surface area contributed by atoms with Crippen LogP contribution in [0.2, 0.25) is 0 Å². The van der Waals surface area contributed by atoms with Crippen molar-refractivity contribution in [2.45, 2.75) is 41.5 Å². The normalized spacial score (nSPS) is 6.25. The van der Waals surface area contributed by atoms with Crippen molar-refractivity contribution in [1.82, 2.24) is 0 Å². The summed E-state index contributed by atoms with van der Waals surface area (Å²) in [6.45, 7) is 12.0. The second-order valence-electron chi connectivity index (χ2n) is 0.667. The minimum Gasteiger partial charge on any atom is -0.0919 e. The molecule has 52 valence electrons. The maximum absolute atomic E-state index is 2.00. The second-order valence-corrected chi connectivity index (χ2v) is 0.667. The molecule has 0 aliphatic carbocycles. The fourth-order valence-electron chi connectivity index (χ4n) is 0. The lowest BCUT2D eigenvalue weighted by Crippen LogP contribution is -1.26. The van der Waals surface area contributed by atoms with Crippen LogP contribution in [0.3, 0.4) is 0 Å². The van der Waals surface area contributed by atoms with E-state index >= 15 is 0 Å². The molecule has 0 aromatic rings. The molecule has 0 aliphatic rings. The summed E-state index contributed by atoms with van der Waals surface area (Å²) in [6.07, 6.45) is 4.00. The van der Waals surface area contributed by atoms with Crippen LogP contribution in [0.1, 0.15) is 41.5 Å². The maximum Gasteiger partial charge on any atom is -0.0470 e. The molecule has 0 aromatic carbocycles. The van der Waals surface area contributed by atoms with Crippen molar-refractivity contribution in [3.63, 3.8) is 0 Å². The molecule has 0 aromatic heterocycles. The molecular formula is C8H20. The monoisotopic (exact) mass is 116 g/mol. The molecule has 8 heavy (non-hydrogen) atoms. The van der Waals surface area contributed by atoms with E-state index in [0.717, 1.165) is 0 Å². The van der Waals surface area contributed by atoms with Gasteiger partial charge in [-0.2, -0.15) is 0 Å². The zero-order chi connectivity index (χ0) is 7.41. The number of hydrogen-bond donors (Lipinski definition) is 0. The Hall–Kier alpha value is -0.260. The highest BCUT2D eigenvalue weighted by atomic mass is 13.4. The minimum atomic E-state index is 2.00. The first-order chi connectivity index (χ1) is 3.91. The number of rotatable bonds is 0. The third-order valence-corrected chi connectivity index (χ3v) is 0.333. The van der Waals surface area contributed by atoms with E-state index in [1.54, 1.807) is 0 Å². The zero-order valence-electron chi connectivity index (χ0n) is 7.15. The van der Waals surface area contributed by atoms with Gasteiger partial charge in [0.1, 0.15) is 0 Å². The molecule has 0 N–H and O–H groups in total. The van der Waals surface area contributed by atoms with E-state index < -0.39 is 0 Å². The Morgan fingerprint density at radius 2 is 0.750 bits per heavy atom. The quantitative estimate of drug-likeness (QED) is 0.424. The third kappa shape index (κ3) is 236. The van der Waals surface area contributed by atoms with Crippen molar-refractivity contribution < 1.29 is 0 Å². The predicted molar refractivity (Wildman–Crippen MR) is 43.2 cm³/mol.